The fourth-order valence-electron chi connectivity index (χ4n) is 3.40. The highest BCUT2D eigenvalue weighted by atomic mass is 15.5. The van der Waals surface area contributed by atoms with E-state index in [-0.39, 0.29) is 0 Å². The summed E-state index contributed by atoms with van der Waals surface area (Å²) in [7, 11) is 0. The van der Waals surface area contributed by atoms with Crippen LogP contribution in [0.5, 0.6) is 0 Å². The molecule has 17 heavy (non-hydrogen) atoms. The smallest absolute Gasteiger partial charge is 0.146 e. The molecular formula is C13H22N4. The monoisotopic (exact) mass is 234 g/mol. The molecule has 1 aromatic rings. The summed E-state index contributed by atoms with van der Waals surface area (Å²) in [4.78, 5) is 0. The van der Waals surface area contributed by atoms with Gasteiger partial charge < -0.3 is 5.73 Å². The minimum atomic E-state index is 0.506. The lowest BCUT2D eigenvalue weighted by molar-refractivity contribution is 0.328. The number of nitrogens with two attached hydrogens (primary N) is 1. The van der Waals surface area contributed by atoms with Gasteiger partial charge in [0.15, 0.2) is 0 Å². The molecule has 2 aliphatic carbocycles. The van der Waals surface area contributed by atoms with Crippen LogP contribution in [0.4, 0.5) is 5.82 Å². The van der Waals surface area contributed by atoms with Gasteiger partial charge in [-0.3, -0.25) is 0 Å². The number of hydrogen-bond donors (Lipinski definition) is 1. The summed E-state index contributed by atoms with van der Waals surface area (Å²) in [5, 5.41) is 8.69. The molecule has 1 aromatic heterocycles. The maximum absolute atomic E-state index is 6.25. The van der Waals surface area contributed by atoms with Crippen LogP contribution in [0.1, 0.15) is 75.4 Å². The van der Waals surface area contributed by atoms with Crippen LogP contribution in [0.2, 0.25) is 0 Å². The third-order valence-corrected chi connectivity index (χ3v) is 4.42. The van der Waals surface area contributed by atoms with Gasteiger partial charge in [0, 0.05) is 5.92 Å². The number of aromatic nitrogens is 3. The van der Waals surface area contributed by atoms with Crippen LogP contribution < -0.4 is 5.73 Å². The Hall–Kier alpha value is -1.06. The normalized spacial score (nSPS) is 23.3. The van der Waals surface area contributed by atoms with Crippen molar-refractivity contribution in [2.75, 3.05) is 5.73 Å². The van der Waals surface area contributed by atoms with Crippen LogP contribution in [0.25, 0.3) is 0 Å². The molecular weight excluding hydrogens is 212 g/mol. The highest BCUT2D eigenvalue weighted by molar-refractivity contribution is 5.37. The van der Waals surface area contributed by atoms with Gasteiger partial charge in [0.25, 0.3) is 0 Å². The second-order valence-electron chi connectivity index (χ2n) is 5.58. The predicted molar refractivity (Wildman–Crippen MR) is 67.8 cm³/mol. The molecule has 0 radical (unpaired) electrons. The van der Waals surface area contributed by atoms with Crippen molar-refractivity contribution in [1.82, 2.24) is 15.0 Å². The lowest BCUT2D eigenvalue weighted by Gasteiger charge is -2.22. The van der Waals surface area contributed by atoms with E-state index < -0.39 is 0 Å². The van der Waals surface area contributed by atoms with Gasteiger partial charge in [0.1, 0.15) is 11.5 Å². The van der Waals surface area contributed by atoms with Gasteiger partial charge in [-0.05, 0) is 25.7 Å². The van der Waals surface area contributed by atoms with Gasteiger partial charge in [-0.15, -0.1) is 5.10 Å². The molecule has 2 fully saturated rings. The standard InChI is InChI=1S/C13H22N4/c14-13-12(10-6-4-5-7-10)15-16-17(13)11-8-2-1-3-9-11/h10-11H,1-9,14H2. The van der Waals surface area contributed by atoms with E-state index in [9.17, 15) is 0 Å². The minimum Gasteiger partial charge on any atom is -0.382 e. The van der Waals surface area contributed by atoms with E-state index in [1.165, 1.54) is 57.8 Å². The van der Waals surface area contributed by atoms with Gasteiger partial charge in [-0.2, -0.15) is 0 Å². The SMILES string of the molecule is Nc1c(C2CCCC2)nnn1C1CCCCC1. The second-order valence-corrected chi connectivity index (χ2v) is 5.58. The maximum atomic E-state index is 6.25. The highest BCUT2D eigenvalue weighted by Gasteiger charge is 2.26. The molecule has 2 saturated carbocycles. The van der Waals surface area contributed by atoms with Crippen LogP contribution >= 0.6 is 0 Å². The van der Waals surface area contributed by atoms with Gasteiger partial charge >= 0.3 is 0 Å². The molecule has 0 bridgehead atoms. The Bertz CT molecular complexity index is 373. The van der Waals surface area contributed by atoms with Crippen molar-refractivity contribution >= 4 is 5.82 Å². The van der Waals surface area contributed by atoms with E-state index in [1.807, 2.05) is 4.68 Å². The number of nitrogen functional groups attached to an aromatic ring is 1. The molecule has 0 aromatic carbocycles. The topological polar surface area (TPSA) is 56.7 Å². The van der Waals surface area contributed by atoms with Crippen LogP contribution in [-0.4, -0.2) is 15.0 Å². The molecule has 3 rings (SSSR count). The fraction of sp³-hybridized carbons (Fsp3) is 0.846. The summed E-state index contributed by atoms with van der Waals surface area (Å²) in [6.07, 6.45) is 11.5. The first-order valence-corrected chi connectivity index (χ1v) is 7.07. The number of nitrogens with zero attached hydrogens (tertiary/aromatic N) is 3. The van der Waals surface area contributed by atoms with E-state index in [1.54, 1.807) is 0 Å². The quantitative estimate of drug-likeness (QED) is 0.855. The zero-order valence-electron chi connectivity index (χ0n) is 10.4. The van der Waals surface area contributed by atoms with E-state index in [0.717, 1.165) is 11.5 Å². The van der Waals surface area contributed by atoms with Crippen LogP contribution in [0, 0.1) is 0 Å². The number of hydrogen-bond acceptors (Lipinski definition) is 3. The summed E-state index contributed by atoms with van der Waals surface area (Å²) in [5.74, 6) is 1.43. The van der Waals surface area contributed by atoms with Gasteiger partial charge in [0.05, 0.1) is 6.04 Å². The van der Waals surface area contributed by atoms with E-state index in [2.05, 4.69) is 10.3 Å². The molecule has 1 heterocycles. The Morgan fingerprint density at radius 3 is 2.29 bits per heavy atom. The van der Waals surface area contributed by atoms with Crippen molar-refractivity contribution in [3.8, 4) is 0 Å². The first-order chi connectivity index (χ1) is 8.36. The molecule has 4 nitrogen and oxygen atoms in total. The molecule has 0 unspecified atom stereocenters. The second kappa shape index (κ2) is 4.67. The average Bonchev–Trinajstić information content (AvgIpc) is 2.99. The Kier molecular flexibility index (Phi) is 3.04. The summed E-state index contributed by atoms with van der Waals surface area (Å²) < 4.78 is 2.01. The Morgan fingerprint density at radius 1 is 0.941 bits per heavy atom. The number of rotatable bonds is 2. The summed E-state index contributed by atoms with van der Waals surface area (Å²) in [6.45, 7) is 0. The van der Waals surface area contributed by atoms with Crippen molar-refractivity contribution in [3.05, 3.63) is 5.69 Å². The van der Waals surface area contributed by atoms with Crippen LogP contribution in [-0.2, 0) is 0 Å². The fourth-order valence-corrected chi connectivity index (χ4v) is 3.40. The third-order valence-electron chi connectivity index (χ3n) is 4.42. The van der Waals surface area contributed by atoms with Crippen LogP contribution in [0.15, 0.2) is 0 Å². The highest BCUT2D eigenvalue weighted by Crippen LogP contribution is 2.37. The number of anilines is 1. The summed E-state index contributed by atoms with van der Waals surface area (Å²) >= 11 is 0. The Morgan fingerprint density at radius 2 is 1.59 bits per heavy atom. The first-order valence-electron chi connectivity index (χ1n) is 7.07. The maximum Gasteiger partial charge on any atom is 0.146 e. The zero-order chi connectivity index (χ0) is 11.7. The van der Waals surface area contributed by atoms with Crippen molar-refractivity contribution in [2.24, 2.45) is 0 Å². The zero-order valence-corrected chi connectivity index (χ0v) is 10.4. The largest absolute Gasteiger partial charge is 0.382 e. The van der Waals surface area contributed by atoms with Crippen molar-refractivity contribution in [2.45, 2.75) is 69.7 Å². The molecule has 0 atom stereocenters. The molecule has 0 aliphatic heterocycles. The minimum absolute atomic E-state index is 0.506. The van der Waals surface area contributed by atoms with Gasteiger partial charge in [-0.1, -0.05) is 37.3 Å². The van der Waals surface area contributed by atoms with Crippen LogP contribution in [0.3, 0.4) is 0 Å². The lowest BCUT2D eigenvalue weighted by Crippen LogP contribution is -2.16. The molecule has 0 spiro atoms. The summed E-state index contributed by atoms with van der Waals surface area (Å²) in [6, 6.07) is 0.506. The molecule has 0 amide bonds. The van der Waals surface area contributed by atoms with Crippen molar-refractivity contribution in [3.63, 3.8) is 0 Å². The van der Waals surface area contributed by atoms with Gasteiger partial charge in [0.2, 0.25) is 0 Å². The summed E-state index contributed by atoms with van der Waals surface area (Å²) in [5.41, 5.74) is 7.33. The molecule has 94 valence electrons. The lowest BCUT2D eigenvalue weighted by atomic mass is 9.95. The Balaban J connectivity index is 1.80. The van der Waals surface area contributed by atoms with Gasteiger partial charge in [-0.25, -0.2) is 4.68 Å². The predicted octanol–water partition coefficient (Wildman–Crippen LogP) is 3.02. The molecule has 4 heteroatoms. The van der Waals surface area contributed by atoms with E-state index in [4.69, 9.17) is 5.73 Å². The third kappa shape index (κ3) is 2.05. The molecule has 2 aliphatic rings. The molecule has 0 saturated heterocycles. The van der Waals surface area contributed by atoms with E-state index >= 15 is 0 Å². The average molecular weight is 234 g/mol. The van der Waals surface area contributed by atoms with E-state index in [0.29, 0.717) is 12.0 Å². The van der Waals surface area contributed by atoms with Crippen molar-refractivity contribution in [1.29, 1.82) is 0 Å². The Labute approximate surface area is 103 Å². The first kappa shape index (κ1) is 11.1. The molecule has 2 N–H and O–H groups in total. The van der Waals surface area contributed by atoms with Crippen molar-refractivity contribution < 1.29 is 0 Å².